The average Bonchev–Trinajstić information content (AvgIpc) is 2.41. The van der Waals surface area contributed by atoms with Crippen molar-refractivity contribution in [3.8, 4) is 0 Å². The first-order chi connectivity index (χ1) is 9.08. The molecule has 0 fully saturated rings. The van der Waals surface area contributed by atoms with E-state index in [9.17, 15) is 9.50 Å². The van der Waals surface area contributed by atoms with E-state index >= 15 is 0 Å². The molecule has 1 unspecified atom stereocenters. The molecule has 0 amide bonds. The maximum absolute atomic E-state index is 13.3. The topological polar surface area (TPSA) is 20.2 Å². The van der Waals surface area contributed by atoms with Crippen LogP contribution in [0.4, 0.5) is 4.39 Å². The van der Waals surface area contributed by atoms with Crippen LogP contribution in [0.3, 0.4) is 0 Å². The van der Waals surface area contributed by atoms with Crippen LogP contribution in [0.25, 0.3) is 0 Å². The molecule has 100 valence electrons. The second-order valence-corrected chi connectivity index (χ2v) is 5.67. The highest BCUT2D eigenvalue weighted by Gasteiger charge is 2.06. The zero-order valence-electron chi connectivity index (χ0n) is 10.4. The first-order valence-corrected chi connectivity index (χ1v) is 7.28. The van der Waals surface area contributed by atoms with Crippen LogP contribution in [0.2, 0.25) is 5.02 Å². The van der Waals surface area contributed by atoms with Crippen LogP contribution in [0.5, 0.6) is 0 Å². The molecule has 0 heterocycles. The molecule has 2 aromatic rings. The third kappa shape index (κ3) is 3.72. The Hall–Kier alpha value is -1.03. The third-order valence-corrected chi connectivity index (χ3v) is 4.27. The molecule has 19 heavy (non-hydrogen) atoms. The first kappa shape index (κ1) is 14.4. The number of aliphatic hydroxyl groups is 1. The summed E-state index contributed by atoms with van der Waals surface area (Å²) in [6.45, 7) is 1.73. The third-order valence-electron chi connectivity index (χ3n) is 2.79. The van der Waals surface area contributed by atoms with E-state index in [2.05, 4.69) is 0 Å². The summed E-state index contributed by atoms with van der Waals surface area (Å²) in [5.41, 5.74) is 1.67. The summed E-state index contributed by atoms with van der Waals surface area (Å²) in [6, 6.07) is 12.5. The SMILES string of the molecule is CC(O)c1ccc(SCc2cccc(F)c2Cl)cc1. The van der Waals surface area contributed by atoms with Gasteiger partial charge in [-0.1, -0.05) is 35.9 Å². The van der Waals surface area contributed by atoms with Gasteiger partial charge in [-0.15, -0.1) is 11.8 Å². The molecule has 1 nitrogen and oxygen atoms in total. The summed E-state index contributed by atoms with van der Waals surface area (Å²) in [5, 5.41) is 9.61. The van der Waals surface area contributed by atoms with E-state index in [1.165, 1.54) is 6.07 Å². The Kier molecular flexibility index (Phi) is 4.86. The van der Waals surface area contributed by atoms with Gasteiger partial charge in [-0.25, -0.2) is 4.39 Å². The van der Waals surface area contributed by atoms with Crippen LogP contribution in [0.1, 0.15) is 24.2 Å². The van der Waals surface area contributed by atoms with Crippen molar-refractivity contribution >= 4 is 23.4 Å². The standard InChI is InChI=1S/C15H14ClFOS/c1-10(18)11-5-7-13(8-6-11)19-9-12-3-2-4-14(17)15(12)16/h2-8,10,18H,9H2,1H3. The quantitative estimate of drug-likeness (QED) is 0.816. The van der Waals surface area contributed by atoms with Crippen molar-refractivity contribution in [2.24, 2.45) is 0 Å². The second-order valence-electron chi connectivity index (χ2n) is 4.25. The Morgan fingerprint density at radius 2 is 1.89 bits per heavy atom. The van der Waals surface area contributed by atoms with Gasteiger partial charge >= 0.3 is 0 Å². The highest BCUT2D eigenvalue weighted by atomic mass is 35.5. The minimum Gasteiger partial charge on any atom is -0.389 e. The molecule has 1 N–H and O–H groups in total. The molecule has 4 heteroatoms. The van der Waals surface area contributed by atoms with Crippen molar-refractivity contribution in [3.05, 3.63) is 64.4 Å². The molecule has 2 aromatic carbocycles. The van der Waals surface area contributed by atoms with E-state index in [1.54, 1.807) is 24.8 Å². The molecule has 0 saturated carbocycles. The lowest BCUT2D eigenvalue weighted by Gasteiger charge is -2.07. The van der Waals surface area contributed by atoms with Gasteiger partial charge in [-0.3, -0.25) is 0 Å². The van der Waals surface area contributed by atoms with E-state index in [-0.39, 0.29) is 10.8 Å². The molecular formula is C15H14ClFOS. The van der Waals surface area contributed by atoms with Gasteiger partial charge in [0.05, 0.1) is 11.1 Å². The fourth-order valence-electron chi connectivity index (χ4n) is 1.66. The van der Waals surface area contributed by atoms with Crippen molar-refractivity contribution in [2.45, 2.75) is 23.7 Å². The minimum atomic E-state index is -0.461. The molecule has 2 rings (SSSR count). The molecule has 1 atom stereocenters. The second kappa shape index (κ2) is 6.42. The Morgan fingerprint density at radius 1 is 1.21 bits per heavy atom. The summed E-state index contributed by atoms with van der Waals surface area (Å²) in [6.07, 6.45) is -0.461. The number of halogens is 2. The monoisotopic (exact) mass is 296 g/mol. The van der Waals surface area contributed by atoms with Gasteiger partial charge in [0.15, 0.2) is 0 Å². The smallest absolute Gasteiger partial charge is 0.142 e. The number of rotatable bonds is 4. The normalized spacial score (nSPS) is 12.4. The lowest BCUT2D eigenvalue weighted by Crippen LogP contribution is -1.90. The number of benzene rings is 2. The van der Waals surface area contributed by atoms with Gasteiger partial charge in [0.1, 0.15) is 5.82 Å². The van der Waals surface area contributed by atoms with Gasteiger partial charge in [0.25, 0.3) is 0 Å². The summed E-state index contributed by atoms with van der Waals surface area (Å²) in [7, 11) is 0. The summed E-state index contributed by atoms with van der Waals surface area (Å²) in [4.78, 5) is 1.06. The molecule has 0 saturated heterocycles. The summed E-state index contributed by atoms with van der Waals surface area (Å²) < 4.78 is 13.3. The molecule has 0 aliphatic carbocycles. The van der Waals surface area contributed by atoms with Crippen LogP contribution in [-0.2, 0) is 5.75 Å². The Bertz CT molecular complexity index is 555. The largest absolute Gasteiger partial charge is 0.389 e. The van der Waals surface area contributed by atoms with Crippen LogP contribution in [-0.4, -0.2) is 5.11 Å². The zero-order valence-corrected chi connectivity index (χ0v) is 12.0. The van der Waals surface area contributed by atoms with Crippen molar-refractivity contribution in [3.63, 3.8) is 0 Å². The molecular weight excluding hydrogens is 283 g/mol. The fourth-order valence-corrected chi connectivity index (χ4v) is 2.83. The molecule has 0 aromatic heterocycles. The zero-order chi connectivity index (χ0) is 13.8. The minimum absolute atomic E-state index is 0.190. The molecule has 0 spiro atoms. The fraction of sp³-hybridized carbons (Fsp3) is 0.200. The maximum atomic E-state index is 13.3. The van der Waals surface area contributed by atoms with Crippen LogP contribution in [0.15, 0.2) is 47.4 Å². The summed E-state index contributed by atoms with van der Waals surface area (Å²) >= 11 is 7.49. The molecule has 0 radical (unpaired) electrons. The van der Waals surface area contributed by atoms with Crippen molar-refractivity contribution in [1.82, 2.24) is 0 Å². The van der Waals surface area contributed by atoms with Crippen LogP contribution < -0.4 is 0 Å². The van der Waals surface area contributed by atoms with Crippen molar-refractivity contribution < 1.29 is 9.50 Å². The van der Waals surface area contributed by atoms with E-state index in [0.717, 1.165) is 16.0 Å². The Balaban J connectivity index is 2.04. The van der Waals surface area contributed by atoms with Gasteiger partial charge in [-0.05, 0) is 36.2 Å². The maximum Gasteiger partial charge on any atom is 0.142 e. The van der Waals surface area contributed by atoms with E-state index in [1.807, 2.05) is 30.3 Å². The Labute approximate surface area is 121 Å². The highest BCUT2D eigenvalue weighted by molar-refractivity contribution is 7.98. The van der Waals surface area contributed by atoms with E-state index in [4.69, 9.17) is 11.6 Å². The Morgan fingerprint density at radius 3 is 2.53 bits per heavy atom. The molecule has 0 aliphatic heterocycles. The predicted molar refractivity (Wildman–Crippen MR) is 78.0 cm³/mol. The molecule has 0 aliphatic rings. The highest BCUT2D eigenvalue weighted by Crippen LogP contribution is 2.28. The number of hydrogen-bond donors (Lipinski definition) is 1. The van der Waals surface area contributed by atoms with Crippen LogP contribution >= 0.6 is 23.4 Å². The number of thioether (sulfide) groups is 1. The van der Waals surface area contributed by atoms with Crippen LogP contribution in [0, 0.1) is 5.82 Å². The van der Waals surface area contributed by atoms with E-state index in [0.29, 0.717) is 5.75 Å². The van der Waals surface area contributed by atoms with E-state index < -0.39 is 6.10 Å². The average molecular weight is 297 g/mol. The number of hydrogen-bond acceptors (Lipinski definition) is 2. The predicted octanol–water partition coefficient (Wildman–Crippen LogP) is 4.82. The number of aliphatic hydroxyl groups excluding tert-OH is 1. The van der Waals surface area contributed by atoms with Gasteiger partial charge in [0.2, 0.25) is 0 Å². The lowest BCUT2D eigenvalue weighted by molar-refractivity contribution is 0.199. The van der Waals surface area contributed by atoms with Crippen molar-refractivity contribution in [1.29, 1.82) is 0 Å². The van der Waals surface area contributed by atoms with Gasteiger partial charge in [-0.2, -0.15) is 0 Å². The van der Waals surface area contributed by atoms with Gasteiger partial charge < -0.3 is 5.11 Å². The van der Waals surface area contributed by atoms with Gasteiger partial charge in [0, 0.05) is 10.6 Å². The first-order valence-electron chi connectivity index (χ1n) is 5.91. The van der Waals surface area contributed by atoms with Crippen molar-refractivity contribution in [2.75, 3.05) is 0 Å². The summed E-state index contributed by atoms with van der Waals surface area (Å²) in [5.74, 6) is 0.231. The lowest BCUT2D eigenvalue weighted by atomic mass is 10.1. The molecule has 0 bridgehead atoms.